The highest BCUT2D eigenvalue weighted by Crippen LogP contribution is 2.38. The maximum Gasteiger partial charge on any atom is 0.315 e. The van der Waals surface area contributed by atoms with E-state index in [0.29, 0.717) is 57.6 Å². The van der Waals surface area contributed by atoms with E-state index in [1.165, 1.54) is 0 Å². The van der Waals surface area contributed by atoms with E-state index in [1.807, 2.05) is 24.3 Å². The largest absolute Gasteiger partial charge is 0.490 e. The van der Waals surface area contributed by atoms with Gasteiger partial charge in [0.25, 0.3) is 0 Å². The van der Waals surface area contributed by atoms with Crippen molar-refractivity contribution in [3.8, 4) is 5.75 Å². The van der Waals surface area contributed by atoms with Crippen molar-refractivity contribution in [1.29, 1.82) is 0 Å². The molecular formula is C19H24O8. The normalized spacial score (nSPS) is 32.6. The van der Waals surface area contributed by atoms with E-state index >= 15 is 0 Å². The van der Waals surface area contributed by atoms with Crippen LogP contribution in [0.5, 0.6) is 5.75 Å². The summed E-state index contributed by atoms with van der Waals surface area (Å²) < 4.78 is 45.6. The molecule has 4 atom stereocenters. The molecule has 4 saturated heterocycles. The van der Waals surface area contributed by atoms with Gasteiger partial charge in [-0.1, -0.05) is 12.1 Å². The topological polar surface area (TPSA) is 87.0 Å². The number of hydrogen-bond acceptors (Lipinski definition) is 8. The van der Waals surface area contributed by atoms with Crippen molar-refractivity contribution in [3.05, 3.63) is 29.8 Å². The molecule has 0 amide bonds. The zero-order valence-electron chi connectivity index (χ0n) is 15.0. The fourth-order valence-electron chi connectivity index (χ4n) is 2.65. The van der Waals surface area contributed by atoms with Gasteiger partial charge in [-0.2, -0.15) is 0 Å². The molecule has 4 heterocycles. The van der Waals surface area contributed by atoms with E-state index in [1.54, 1.807) is 0 Å². The molecule has 0 aliphatic carbocycles. The molecule has 27 heavy (non-hydrogen) atoms. The molecule has 5 rings (SSSR count). The van der Waals surface area contributed by atoms with E-state index in [4.69, 9.17) is 37.9 Å². The second kappa shape index (κ2) is 7.63. The van der Waals surface area contributed by atoms with Crippen LogP contribution in [0.15, 0.2) is 24.3 Å². The Morgan fingerprint density at radius 1 is 0.704 bits per heavy atom. The molecule has 0 spiro atoms. The predicted octanol–water partition coefficient (Wildman–Crippen LogP) is 0.821. The summed E-state index contributed by atoms with van der Waals surface area (Å²) in [7, 11) is 0. The second-order valence-corrected chi connectivity index (χ2v) is 7.12. The Kier molecular flexibility index (Phi) is 5.04. The summed E-state index contributed by atoms with van der Waals surface area (Å²) in [4.78, 5) is 0. The molecule has 1 aromatic carbocycles. The standard InChI is InChI=1S/C19H24O8/c1-2-4-18(24-9-13-5-20-13)17(3-1)19(25-10-14-6-21-14,26-11-15-7-22-15)27-12-16-8-23-16/h1-4,13-16H,5-12H2. The van der Waals surface area contributed by atoms with Crippen LogP contribution in [0.3, 0.4) is 0 Å². The van der Waals surface area contributed by atoms with Gasteiger partial charge in [0.2, 0.25) is 0 Å². The summed E-state index contributed by atoms with van der Waals surface area (Å²) >= 11 is 0. The first-order chi connectivity index (χ1) is 13.3. The van der Waals surface area contributed by atoms with Gasteiger partial charge in [0, 0.05) is 0 Å². The van der Waals surface area contributed by atoms with E-state index in [0.717, 1.165) is 6.61 Å². The van der Waals surface area contributed by atoms with E-state index in [2.05, 4.69) is 0 Å². The molecule has 4 fully saturated rings. The number of rotatable bonds is 13. The zero-order valence-corrected chi connectivity index (χ0v) is 15.0. The van der Waals surface area contributed by atoms with Crippen LogP contribution >= 0.6 is 0 Å². The smallest absolute Gasteiger partial charge is 0.315 e. The van der Waals surface area contributed by atoms with Crippen LogP contribution in [0.2, 0.25) is 0 Å². The lowest BCUT2D eigenvalue weighted by Gasteiger charge is -2.34. The lowest BCUT2D eigenvalue weighted by Crippen LogP contribution is -2.40. The fourth-order valence-corrected chi connectivity index (χ4v) is 2.65. The van der Waals surface area contributed by atoms with Crippen LogP contribution in [0.4, 0.5) is 0 Å². The highest BCUT2D eigenvalue weighted by Gasteiger charge is 2.44. The average Bonchev–Trinajstić information content (AvgIpc) is 3.55. The van der Waals surface area contributed by atoms with Gasteiger partial charge in [-0.25, -0.2) is 0 Å². The minimum atomic E-state index is -1.40. The number of benzene rings is 1. The molecule has 4 aliphatic heterocycles. The Hall–Kier alpha value is -1.26. The van der Waals surface area contributed by atoms with Crippen LogP contribution in [-0.2, 0) is 39.1 Å². The third-order valence-corrected chi connectivity index (χ3v) is 4.63. The van der Waals surface area contributed by atoms with Crippen molar-refractivity contribution in [1.82, 2.24) is 0 Å². The van der Waals surface area contributed by atoms with Crippen LogP contribution < -0.4 is 4.74 Å². The number of epoxide rings is 4. The molecule has 4 aliphatic rings. The molecule has 0 saturated carbocycles. The predicted molar refractivity (Wildman–Crippen MR) is 90.4 cm³/mol. The highest BCUT2D eigenvalue weighted by molar-refractivity contribution is 5.36. The monoisotopic (exact) mass is 380 g/mol. The summed E-state index contributed by atoms with van der Waals surface area (Å²) in [6, 6.07) is 7.61. The summed E-state index contributed by atoms with van der Waals surface area (Å²) in [5.41, 5.74) is 0.688. The molecule has 4 unspecified atom stereocenters. The first-order valence-corrected chi connectivity index (χ1v) is 9.41. The fraction of sp³-hybridized carbons (Fsp3) is 0.684. The van der Waals surface area contributed by atoms with Crippen molar-refractivity contribution in [2.45, 2.75) is 30.4 Å². The molecule has 0 N–H and O–H groups in total. The van der Waals surface area contributed by atoms with E-state index < -0.39 is 5.97 Å². The van der Waals surface area contributed by atoms with Crippen LogP contribution in [0, 0.1) is 0 Å². The Labute approximate surface area is 157 Å². The van der Waals surface area contributed by atoms with Crippen molar-refractivity contribution >= 4 is 0 Å². The van der Waals surface area contributed by atoms with Gasteiger partial charge in [0.1, 0.15) is 36.8 Å². The summed E-state index contributed by atoms with van der Waals surface area (Å²) in [5.74, 6) is -0.747. The maximum atomic E-state index is 6.17. The highest BCUT2D eigenvalue weighted by atomic mass is 16.9. The van der Waals surface area contributed by atoms with E-state index in [9.17, 15) is 0 Å². The second-order valence-electron chi connectivity index (χ2n) is 7.12. The molecule has 0 radical (unpaired) electrons. The molecule has 148 valence electrons. The minimum Gasteiger partial charge on any atom is -0.490 e. The van der Waals surface area contributed by atoms with Crippen molar-refractivity contribution in [2.75, 3.05) is 52.9 Å². The van der Waals surface area contributed by atoms with Crippen molar-refractivity contribution in [3.63, 3.8) is 0 Å². The summed E-state index contributed by atoms with van der Waals surface area (Å²) in [5, 5.41) is 0. The van der Waals surface area contributed by atoms with Gasteiger partial charge in [0.15, 0.2) is 0 Å². The van der Waals surface area contributed by atoms with Crippen molar-refractivity contribution in [2.24, 2.45) is 0 Å². The average molecular weight is 380 g/mol. The third-order valence-electron chi connectivity index (χ3n) is 4.63. The number of hydrogen-bond donors (Lipinski definition) is 0. The summed E-state index contributed by atoms with van der Waals surface area (Å²) in [6.07, 6.45) is 0.353. The third kappa shape index (κ3) is 4.97. The minimum absolute atomic E-state index is 0.0684. The van der Waals surface area contributed by atoms with Crippen LogP contribution in [0.25, 0.3) is 0 Å². The van der Waals surface area contributed by atoms with Gasteiger partial charge in [0.05, 0.1) is 51.8 Å². The molecule has 8 nitrogen and oxygen atoms in total. The zero-order chi connectivity index (χ0) is 18.1. The van der Waals surface area contributed by atoms with Crippen LogP contribution in [0.1, 0.15) is 5.56 Å². The van der Waals surface area contributed by atoms with E-state index in [-0.39, 0.29) is 24.4 Å². The van der Waals surface area contributed by atoms with Gasteiger partial charge >= 0.3 is 5.97 Å². The molecule has 8 heteroatoms. The number of para-hydroxylation sites is 1. The lowest BCUT2D eigenvalue weighted by molar-refractivity contribution is -0.395. The number of ether oxygens (including phenoxy) is 8. The first-order valence-electron chi connectivity index (χ1n) is 9.41. The van der Waals surface area contributed by atoms with Gasteiger partial charge in [-0.05, 0) is 12.1 Å². The Morgan fingerprint density at radius 3 is 1.63 bits per heavy atom. The lowest BCUT2D eigenvalue weighted by atomic mass is 10.1. The van der Waals surface area contributed by atoms with Crippen molar-refractivity contribution < 1.29 is 37.9 Å². The molecule has 0 bridgehead atoms. The summed E-state index contributed by atoms with van der Waals surface area (Å²) in [6.45, 7) is 4.38. The molecule has 1 aromatic rings. The SMILES string of the molecule is c1ccc(C(OCC2CO2)(OCC2CO2)OCC2CO2)c(OCC2CO2)c1. The Morgan fingerprint density at radius 2 is 1.15 bits per heavy atom. The molecule has 0 aromatic heterocycles. The van der Waals surface area contributed by atoms with Gasteiger partial charge in [-0.3, -0.25) is 0 Å². The quantitative estimate of drug-likeness (QED) is 0.367. The van der Waals surface area contributed by atoms with Gasteiger partial charge < -0.3 is 37.9 Å². The maximum absolute atomic E-state index is 6.17. The van der Waals surface area contributed by atoms with Gasteiger partial charge in [-0.15, -0.1) is 0 Å². The first kappa shape index (κ1) is 17.8. The van der Waals surface area contributed by atoms with Crippen LogP contribution in [-0.4, -0.2) is 77.3 Å². The molecular weight excluding hydrogens is 356 g/mol. The Bertz CT molecular complexity index is 596. The Balaban J connectivity index is 1.39.